The Morgan fingerprint density at radius 2 is 0.675 bits per heavy atom. The van der Waals surface area contributed by atoms with E-state index in [9.17, 15) is 30.3 Å². The number of amides is 1. The average molecular weight is 1180 g/mol. The number of aliphatic hydroxyl groups is 5. The lowest BCUT2D eigenvalue weighted by Gasteiger charge is -2.40. The fourth-order valence-electron chi connectivity index (χ4n) is 12.5. The van der Waals surface area contributed by atoms with Crippen LogP contribution < -0.4 is 5.32 Å². The van der Waals surface area contributed by atoms with E-state index in [2.05, 4.69) is 31.3 Å². The second-order valence-electron chi connectivity index (χ2n) is 26.5. The number of hydrogen-bond acceptors (Lipinski definition) is 8. The topological polar surface area (TPSA) is 149 Å². The van der Waals surface area contributed by atoms with Gasteiger partial charge in [0.25, 0.3) is 0 Å². The molecule has 0 aromatic rings. The van der Waals surface area contributed by atoms with Crippen LogP contribution in [-0.4, -0.2) is 87.5 Å². The molecule has 9 nitrogen and oxygen atoms in total. The molecule has 0 radical (unpaired) electrons. The van der Waals surface area contributed by atoms with Gasteiger partial charge < -0.3 is 40.3 Å². The van der Waals surface area contributed by atoms with Crippen molar-refractivity contribution in [3.8, 4) is 0 Å². The van der Waals surface area contributed by atoms with E-state index >= 15 is 0 Å². The fourth-order valence-corrected chi connectivity index (χ4v) is 12.5. The van der Waals surface area contributed by atoms with Gasteiger partial charge in [0.2, 0.25) is 5.91 Å². The van der Waals surface area contributed by atoms with Crippen LogP contribution in [-0.2, 0) is 14.3 Å². The summed E-state index contributed by atoms with van der Waals surface area (Å²) < 4.78 is 11.4. The van der Waals surface area contributed by atoms with Crippen LogP contribution in [0.4, 0.5) is 0 Å². The molecule has 6 N–H and O–H groups in total. The van der Waals surface area contributed by atoms with E-state index in [4.69, 9.17) is 9.47 Å². The van der Waals surface area contributed by atoms with Gasteiger partial charge in [0.1, 0.15) is 24.4 Å². The van der Waals surface area contributed by atoms with Gasteiger partial charge in [-0.2, -0.15) is 0 Å². The Morgan fingerprint density at radius 3 is 0.976 bits per heavy atom. The van der Waals surface area contributed by atoms with E-state index in [1.807, 2.05) is 0 Å². The summed E-state index contributed by atoms with van der Waals surface area (Å²) in [6.45, 7) is 3.90. The summed E-state index contributed by atoms with van der Waals surface area (Å²) in [5.41, 5.74) is 0. The van der Waals surface area contributed by atoms with Crippen LogP contribution in [0.1, 0.15) is 399 Å². The number of hydrogen-bond donors (Lipinski definition) is 6. The van der Waals surface area contributed by atoms with Gasteiger partial charge in [0, 0.05) is 6.42 Å². The largest absolute Gasteiger partial charge is 0.394 e. The molecule has 7 unspecified atom stereocenters. The normalized spacial score (nSPS) is 18.2. The van der Waals surface area contributed by atoms with Crippen LogP contribution in [0.15, 0.2) is 12.2 Å². The predicted molar refractivity (Wildman–Crippen MR) is 355 cm³/mol. The molecule has 1 fully saturated rings. The molecule has 0 aromatic carbocycles. The van der Waals surface area contributed by atoms with Crippen LogP contribution in [0.5, 0.6) is 0 Å². The highest BCUT2D eigenvalue weighted by molar-refractivity contribution is 5.76. The molecule has 1 rings (SSSR count). The minimum atomic E-state index is -1.55. The van der Waals surface area contributed by atoms with E-state index in [-0.39, 0.29) is 12.5 Å². The number of ether oxygens (including phenoxy) is 2. The van der Waals surface area contributed by atoms with Crippen molar-refractivity contribution in [2.24, 2.45) is 0 Å². The molecule has 1 amide bonds. The standard InChI is InChI=1S/C74H145NO8/c1-3-5-7-9-11-13-15-17-19-21-23-24-25-26-27-28-29-30-31-32-33-34-35-36-37-38-39-40-41-42-43-44-46-48-50-52-54-56-58-60-62-64-70(78)75-67(66-82-74-73(81)72(80)71(79)69(65-76)83-74)68(77)63-61-59-57-55-53-51-49-47-45-22-20-18-16-14-12-10-8-6-4-2/h21,23,67-69,71-74,76-77,79-81H,3-20,22,24-66H2,1-2H3,(H,75,78)/b23-21-. The van der Waals surface area contributed by atoms with E-state index in [1.165, 1.54) is 334 Å². The molecular weight excluding hydrogens is 1030 g/mol. The smallest absolute Gasteiger partial charge is 0.220 e. The summed E-state index contributed by atoms with van der Waals surface area (Å²) >= 11 is 0. The summed E-state index contributed by atoms with van der Waals surface area (Å²) in [6, 6.07) is -0.716. The number of carbonyl (C=O) groups excluding carboxylic acids is 1. The minimum Gasteiger partial charge on any atom is -0.394 e. The Hall–Kier alpha value is -1.07. The lowest BCUT2D eigenvalue weighted by molar-refractivity contribution is -0.302. The lowest BCUT2D eigenvalue weighted by atomic mass is 9.99. The molecule has 0 aliphatic carbocycles. The molecule has 0 spiro atoms. The molecule has 7 atom stereocenters. The molecule has 494 valence electrons. The van der Waals surface area contributed by atoms with E-state index in [1.54, 1.807) is 0 Å². The molecule has 9 heteroatoms. The molecule has 1 aliphatic rings. The monoisotopic (exact) mass is 1180 g/mol. The first-order valence-electron chi connectivity index (χ1n) is 37.4. The van der Waals surface area contributed by atoms with E-state index < -0.39 is 49.5 Å². The first-order valence-corrected chi connectivity index (χ1v) is 37.4. The van der Waals surface area contributed by atoms with Gasteiger partial charge in [-0.15, -0.1) is 0 Å². The van der Waals surface area contributed by atoms with Crippen molar-refractivity contribution in [2.45, 2.75) is 442 Å². The van der Waals surface area contributed by atoms with Gasteiger partial charge in [0.15, 0.2) is 6.29 Å². The average Bonchev–Trinajstić information content (AvgIpc) is 3.61. The summed E-state index contributed by atoms with van der Waals surface area (Å²) in [6.07, 6.45) is 76.0. The van der Waals surface area contributed by atoms with Crippen LogP contribution in [0, 0.1) is 0 Å². The molecule has 1 heterocycles. The van der Waals surface area contributed by atoms with Crippen molar-refractivity contribution in [3.63, 3.8) is 0 Å². The Kier molecular flexibility index (Phi) is 61.6. The molecular formula is C74H145NO8. The fraction of sp³-hybridized carbons (Fsp3) is 0.959. The van der Waals surface area contributed by atoms with Crippen LogP contribution >= 0.6 is 0 Å². The van der Waals surface area contributed by atoms with Gasteiger partial charge in [-0.25, -0.2) is 0 Å². The maximum absolute atomic E-state index is 13.1. The first-order chi connectivity index (χ1) is 40.8. The summed E-state index contributed by atoms with van der Waals surface area (Å²) in [5, 5.41) is 54.9. The second kappa shape index (κ2) is 63.9. The Balaban J connectivity index is 2.00. The van der Waals surface area contributed by atoms with Crippen molar-refractivity contribution in [1.82, 2.24) is 5.32 Å². The van der Waals surface area contributed by atoms with Gasteiger partial charge in [0.05, 0.1) is 25.4 Å². The highest BCUT2D eigenvalue weighted by atomic mass is 16.7. The van der Waals surface area contributed by atoms with Gasteiger partial charge in [-0.1, -0.05) is 366 Å². The van der Waals surface area contributed by atoms with Gasteiger partial charge >= 0.3 is 0 Å². The van der Waals surface area contributed by atoms with Crippen molar-refractivity contribution < 1.29 is 39.8 Å². The number of unbranched alkanes of at least 4 members (excludes halogenated alkanes) is 55. The third-order valence-corrected chi connectivity index (χ3v) is 18.4. The lowest BCUT2D eigenvalue weighted by Crippen LogP contribution is -2.60. The molecule has 0 saturated carbocycles. The molecule has 1 aliphatic heterocycles. The van der Waals surface area contributed by atoms with Crippen molar-refractivity contribution in [1.29, 1.82) is 0 Å². The quantitative estimate of drug-likeness (QED) is 0.0261. The summed E-state index contributed by atoms with van der Waals surface area (Å²) in [7, 11) is 0. The van der Waals surface area contributed by atoms with E-state index in [0.717, 1.165) is 38.5 Å². The predicted octanol–water partition coefficient (Wildman–Crippen LogP) is 20.7. The summed E-state index contributed by atoms with van der Waals surface area (Å²) in [5.74, 6) is -0.134. The number of aliphatic hydroxyl groups excluding tert-OH is 5. The Labute approximate surface area is 516 Å². The van der Waals surface area contributed by atoms with Crippen LogP contribution in [0.3, 0.4) is 0 Å². The third-order valence-electron chi connectivity index (χ3n) is 18.4. The maximum atomic E-state index is 13.1. The SMILES string of the molecule is CCCCCCCCCC/C=C\CCCCCCCCCCCCCCCCCCCCCCCCCCCCCCCC(=O)NC(COC1OC(CO)C(O)C(O)C1O)C(O)CCCCCCCCCCCCCCCCCCCCC. The first kappa shape index (κ1) is 79.9. The number of rotatable bonds is 67. The summed E-state index contributed by atoms with van der Waals surface area (Å²) in [4.78, 5) is 13.1. The maximum Gasteiger partial charge on any atom is 0.220 e. The molecule has 1 saturated heterocycles. The zero-order chi connectivity index (χ0) is 60.0. The van der Waals surface area contributed by atoms with Gasteiger partial charge in [-0.3, -0.25) is 4.79 Å². The van der Waals surface area contributed by atoms with E-state index in [0.29, 0.717) is 12.8 Å². The zero-order valence-electron chi connectivity index (χ0n) is 55.5. The third kappa shape index (κ3) is 52.6. The zero-order valence-corrected chi connectivity index (χ0v) is 55.5. The number of carbonyl (C=O) groups is 1. The minimum absolute atomic E-state index is 0.131. The number of nitrogens with one attached hydrogen (secondary N) is 1. The Morgan fingerprint density at radius 1 is 0.398 bits per heavy atom. The van der Waals surface area contributed by atoms with Gasteiger partial charge in [-0.05, 0) is 38.5 Å². The molecule has 0 bridgehead atoms. The van der Waals surface area contributed by atoms with Crippen LogP contribution in [0.2, 0.25) is 0 Å². The van der Waals surface area contributed by atoms with Crippen LogP contribution in [0.25, 0.3) is 0 Å². The molecule has 83 heavy (non-hydrogen) atoms. The van der Waals surface area contributed by atoms with Crippen molar-refractivity contribution in [2.75, 3.05) is 13.2 Å². The highest BCUT2D eigenvalue weighted by Crippen LogP contribution is 2.24. The Bertz CT molecular complexity index is 1320. The van der Waals surface area contributed by atoms with Crippen molar-refractivity contribution in [3.05, 3.63) is 12.2 Å². The number of allylic oxidation sites excluding steroid dienone is 2. The highest BCUT2D eigenvalue weighted by Gasteiger charge is 2.44. The van der Waals surface area contributed by atoms with Crippen molar-refractivity contribution >= 4 is 5.91 Å². The molecule has 0 aromatic heterocycles. The second-order valence-corrected chi connectivity index (χ2v) is 26.5.